The number of ether oxygens (including phenoxy) is 2. The normalized spacial score (nSPS) is 15.5. The Morgan fingerprint density at radius 2 is 1.87 bits per heavy atom. The molecule has 31 heavy (non-hydrogen) atoms. The molecule has 0 aliphatic carbocycles. The first-order valence-electron chi connectivity index (χ1n) is 10.0. The molecule has 1 aliphatic rings. The Bertz CT molecular complexity index is 1070. The fourth-order valence-corrected chi connectivity index (χ4v) is 5.63. The minimum Gasteiger partial charge on any atom is -0.493 e. The molecule has 1 unspecified atom stereocenters. The number of hydrogen-bond donors (Lipinski definition) is 0. The summed E-state index contributed by atoms with van der Waals surface area (Å²) in [6, 6.07) is 9.95. The van der Waals surface area contributed by atoms with E-state index in [0.717, 1.165) is 28.2 Å². The van der Waals surface area contributed by atoms with Crippen molar-refractivity contribution in [2.24, 2.45) is 0 Å². The van der Waals surface area contributed by atoms with Gasteiger partial charge >= 0.3 is 0 Å². The van der Waals surface area contributed by atoms with E-state index in [1.165, 1.54) is 17.3 Å². The molecule has 8 heteroatoms. The van der Waals surface area contributed by atoms with Crippen molar-refractivity contribution in [1.82, 2.24) is 14.9 Å². The summed E-state index contributed by atoms with van der Waals surface area (Å²) in [5.74, 6) is 1.77. The first kappa shape index (κ1) is 21.6. The van der Waals surface area contributed by atoms with Gasteiger partial charge in [-0.05, 0) is 61.0 Å². The Balaban J connectivity index is 1.63. The van der Waals surface area contributed by atoms with Gasteiger partial charge in [-0.1, -0.05) is 17.8 Å². The topological polar surface area (TPSA) is 64.6 Å². The fourth-order valence-electron chi connectivity index (χ4n) is 3.94. The van der Waals surface area contributed by atoms with E-state index in [-0.39, 0.29) is 11.9 Å². The van der Waals surface area contributed by atoms with Crippen LogP contribution in [0.25, 0.3) is 0 Å². The fraction of sp³-hybridized carbons (Fsp3) is 0.348. The van der Waals surface area contributed by atoms with E-state index in [2.05, 4.69) is 16.0 Å². The van der Waals surface area contributed by atoms with Gasteiger partial charge in [-0.2, -0.15) is 0 Å². The summed E-state index contributed by atoms with van der Waals surface area (Å²) in [6.45, 7) is 4.53. The number of aromatic nitrogens is 2. The largest absolute Gasteiger partial charge is 0.493 e. The zero-order chi connectivity index (χ0) is 22.0. The molecule has 1 aromatic carbocycles. The molecule has 0 radical (unpaired) electrons. The second-order valence-electron chi connectivity index (χ2n) is 7.38. The standard InChI is InChI=1S/C23H25N3O3S2/c1-14-10-15(2)25-23(24-14)31-13-21(27)26-8-7-16-11-18(28-3)19(29-4)12-17(16)22(26)20-6-5-9-30-20/h5-6,9-12,22H,7-8,13H2,1-4H3. The number of nitrogens with zero attached hydrogens (tertiary/aromatic N) is 3. The maximum absolute atomic E-state index is 13.3. The van der Waals surface area contributed by atoms with Crippen molar-refractivity contribution in [3.8, 4) is 11.5 Å². The number of thiophene rings is 1. The summed E-state index contributed by atoms with van der Waals surface area (Å²) in [5.41, 5.74) is 4.09. The summed E-state index contributed by atoms with van der Waals surface area (Å²) >= 11 is 3.05. The third-order valence-corrected chi connectivity index (χ3v) is 7.05. The van der Waals surface area contributed by atoms with E-state index in [1.54, 1.807) is 25.6 Å². The van der Waals surface area contributed by atoms with Gasteiger partial charge in [0.1, 0.15) is 0 Å². The SMILES string of the molecule is COc1cc2c(cc1OC)C(c1cccs1)N(C(=O)CSc1nc(C)cc(C)n1)CC2. The molecule has 2 aromatic heterocycles. The maximum atomic E-state index is 13.3. The van der Waals surface area contributed by atoms with Crippen LogP contribution in [0.4, 0.5) is 0 Å². The number of rotatable bonds is 6. The molecule has 162 valence electrons. The summed E-state index contributed by atoms with van der Waals surface area (Å²) in [5, 5.41) is 2.69. The lowest BCUT2D eigenvalue weighted by atomic mass is 9.91. The van der Waals surface area contributed by atoms with Crippen molar-refractivity contribution in [2.45, 2.75) is 31.5 Å². The van der Waals surface area contributed by atoms with Gasteiger partial charge in [0, 0.05) is 22.8 Å². The molecule has 0 bridgehead atoms. The molecule has 0 fully saturated rings. The highest BCUT2D eigenvalue weighted by molar-refractivity contribution is 7.99. The van der Waals surface area contributed by atoms with Crippen molar-refractivity contribution in [3.05, 3.63) is 63.1 Å². The molecule has 0 N–H and O–H groups in total. The lowest BCUT2D eigenvalue weighted by Crippen LogP contribution is -2.41. The molecule has 6 nitrogen and oxygen atoms in total. The zero-order valence-electron chi connectivity index (χ0n) is 18.0. The van der Waals surface area contributed by atoms with Crippen LogP contribution in [0.15, 0.2) is 40.9 Å². The molecule has 1 aliphatic heterocycles. The minimum absolute atomic E-state index is 0.0756. The molecule has 0 saturated heterocycles. The number of hydrogen-bond acceptors (Lipinski definition) is 7. The van der Waals surface area contributed by atoms with Gasteiger partial charge in [-0.25, -0.2) is 9.97 Å². The molecule has 3 heterocycles. The second-order valence-corrected chi connectivity index (χ2v) is 9.30. The Labute approximate surface area is 190 Å². The number of amides is 1. The lowest BCUT2D eigenvalue weighted by molar-refractivity contribution is -0.130. The van der Waals surface area contributed by atoms with Crippen molar-refractivity contribution < 1.29 is 14.3 Å². The maximum Gasteiger partial charge on any atom is 0.233 e. The van der Waals surface area contributed by atoms with Crippen LogP contribution >= 0.6 is 23.1 Å². The van der Waals surface area contributed by atoms with Gasteiger partial charge in [-0.15, -0.1) is 11.3 Å². The van der Waals surface area contributed by atoms with Gasteiger partial charge < -0.3 is 14.4 Å². The van der Waals surface area contributed by atoms with E-state index < -0.39 is 0 Å². The Kier molecular flexibility index (Phi) is 6.48. The molecular weight excluding hydrogens is 430 g/mol. The molecule has 1 amide bonds. The third-order valence-electron chi connectivity index (χ3n) is 5.29. The number of carbonyl (C=O) groups is 1. The Morgan fingerprint density at radius 1 is 1.16 bits per heavy atom. The highest BCUT2D eigenvalue weighted by atomic mass is 32.2. The Hall–Kier alpha value is -2.58. The van der Waals surface area contributed by atoms with Gasteiger partial charge in [0.05, 0.1) is 26.0 Å². The van der Waals surface area contributed by atoms with Crippen molar-refractivity contribution in [1.29, 1.82) is 0 Å². The average Bonchev–Trinajstić information content (AvgIpc) is 3.29. The zero-order valence-corrected chi connectivity index (χ0v) is 19.7. The third kappa shape index (κ3) is 4.55. The number of benzene rings is 1. The van der Waals surface area contributed by atoms with E-state index in [0.29, 0.717) is 29.0 Å². The predicted octanol–water partition coefficient (Wildman–Crippen LogP) is 4.44. The first-order valence-corrected chi connectivity index (χ1v) is 11.9. The summed E-state index contributed by atoms with van der Waals surface area (Å²) in [6.07, 6.45) is 0.772. The van der Waals surface area contributed by atoms with E-state index >= 15 is 0 Å². The monoisotopic (exact) mass is 455 g/mol. The number of fused-ring (bicyclic) bond motifs is 1. The van der Waals surface area contributed by atoms with E-state index in [9.17, 15) is 4.79 Å². The van der Waals surface area contributed by atoms with Crippen LogP contribution in [0.1, 0.15) is 33.4 Å². The van der Waals surface area contributed by atoms with Crippen LogP contribution in [0.2, 0.25) is 0 Å². The van der Waals surface area contributed by atoms with Crippen LogP contribution in [-0.4, -0.2) is 47.3 Å². The summed E-state index contributed by atoms with van der Waals surface area (Å²) < 4.78 is 11.0. The predicted molar refractivity (Wildman–Crippen MR) is 123 cm³/mol. The van der Waals surface area contributed by atoms with Crippen LogP contribution in [0.5, 0.6) is 11.5 Å². The molecule has 1 atom stereocenters. The van der Waals surface area contributed by atoms with Crippen molar-refractivity contribution >= 4 is 29.0 Å². The number of thioether (sulfide) groups is 1. The van der Waals surface area contributed by atoms with Gasteiger partial charge in [0.15, 0.2) is 16.7 Å². The Morgan fingerprint density at radius 3 is 2.52 bits per heavy atom. The van der Waals surface area contributed by atoms with Crippen LogP contribution < -0.4 is 9.47 Å². The van der Waals surface area contributed by atoms with E-state index in [1.807, 2.05) is 48.4 Å². The number of carbonyl (C=O) groups excluding carboxylic acids is 1. The molecule has 4 rings (SSSR count). The number of aryl methyl sites for hydroxylation is 2. The average molecular weight is 456 g/mol. The number of methoxy groups -OCH3 is 2. The smallest absolute Gasteiger partial charge is 0.233 e. The van der Waals surface area contributed by atoms with Crippen molar-refractivity contribution in [3.63, 3.8) is 0 Å². The molecule has 3 aromatic rings. The van der Waals surface area contributed by atoms with Crippen LogP contribution in [-0.2, 0) is 11.2 Å². The molecule has 0 saturated carbocycles. The summed E-state index contributed by atoms with van der Waals surface area (Å²) in [7, 11) is 3.28. The molecular formula is C23H25N3O3S2. The van der Waals surface area contributed by atoms with Crippen molar-refractivity contribution in [2.75, 3.05) is 26.5 Å². The molecule has 0 spiro atoms. The highest BCUT2D eigenvalue weighted by Crippen LogP contribution is 2.42. The quantitative estimate of drug-likeness (QED) is 0.405. The minimum atomic E-state index is -0.142. The van der Waals surface area contributed by atoms with E-state index in [4.69, 9.17) is 9.47 Å². The van der Waals surface area contributed by atoms with Gasteiger partial charge in [-0.3, -0.25) is 4.79 Å². The first-order chi connectivity index (χ1) is 15.0. The summed E-state index contributed by atoms with van der Waals surface area (Å²) in [4.78, 5) is 25.3. The highest BCUT2D eigenvalue weighted by Gasteiger charge is 2.34. The van der Waals surface area contributed by atoms with Crippen LogP contribution in [0, 0.1) is 13.8 Å². The van der Waals surface area contributed by atoms with Gasteiger partial charge in [0.25, 0.3) is 0 Å². The van der Waals surface area contributed by atoms with Gasteiger partial charge in [0.2, 0.25) is 5.91 Å². The lowest BCUT2D eigenvalue weighted by Gasteiger charge is -2.37. The second kappa shape index (κ2) is 9.28. The van der Waals surface area contributed by atoms with Crippen LogP contribution in [0.3, 0.4) is 0 Å².